The molecule has 0 N–H and O–H groups in total. The first-order chi connectivity index (χ1) is 15.1. The monoisotopic (exact) mass is 568 g/mol. The van der Waals surface area contributed by atoms with Gasteiger partial charge in [0.05, 0.1) is 11.5 Å². The van der Waals surface area contributed by atoms with Gasteiger partial charge in [-0.15, -0.1) is 6.58 Å². The van der Waals surface area contributed by atoms with Gasteiger partial charge in [0.2, 0.25) is 0 Å². The van der Waals surface area contributed by atoms with Crippen molar-refractivity contribution < 1.29 is 12.6 Å². The number of rotatable bonds is 6. The second kappa shape index (κ2) is 8.84. The minimum Gasteiger partial charge on any atom is -0.266 e. The maximum atomic E-state index is 12.9. The molecule has 0 radical (unpaired) electrons. The standard InChI is InChI=1S/C27H37IO3S/c1-5-27(6-2)17-14-23-20(18-27)8-13-24-25(3,15-7-16-26(23,24)4)19-31-32(29,30)22-11-9-21(28)10-12-22/h5,9-12,14,20,24H,1,6-8,13,15-19H2,2-4H3/t20?,24?,25-,26-,27+/m0/s1. The maximum absolute atomic E-state index is 12.9. The Morgan fingerprint density at radius 1 is 1.19 bits per heavy atom. The van der Waals surface area contributed by atoms with Gasteiger partial charge >= 0.3 is 0 Å². The summed E-state index contributed by atoms with van der Waals surface area (Å²) in [6.45, 7) is 11.4. The fourth-order valence-electron chi connectivity index (χ4n) is 7.13. The summed E-state index contributed by atoms with van der Waals surface area (Å²) in [5.74, 6) is 1.10. The van der Waals surface area contributed by atoms with E-state index in [2.05, 4.69) is 62.1 Å². The van der Waals surface area contributed by atoms with E-state index in [1.165, 1.54) is 19.3 Å². The topological polar surface area (TPSA) is 43.4 Å². The van der Waals surface area contributed by atoms with Crippen LogP contribution in [-0.2, 0) is 14.3 Å². The predicted molar refractivity (Wildman–Crippen MR) is 139 cm³/mol. The van der Waals surface area contributed by atoms with Crippen molar-refractivity contribution in [2.75, 3.05) is 6.61 Å². The van der Waals surface area contributed by atoms with Crippen LogP contribution in [-0.4, -0.2) is 15.0 Å². The number of benzene rings is 1. The molecule has 0 aromatic heterocycles. The SMILES string of the molecule is C=C[C@@]1(CC)CC=C2C(CCC3[C@](C)(COS(=O)(=O)c4ccc(I)cc4)CCC[C@@]23C)C1. The largest absolute Gasteiger partial charge is 0.296 e. The van der Waals surface area contributed by atoms with Gasteiger partial charge in [0.25, 0.3) is 10.1 Å². The Labute approximate surface area is 208 Å². The van der Waals surface area contributed by atoms with Gasteiger partial charge in [-0.3, -0.25) is 4.18 Å². The molecular formula is C27H37IO3S. The van der Waals surface area contributed by atoms with E-state index < -0.39 is 10.1 Å². The second-order valence-electron chi connectivity index (χ2n) is 10.9. The summed E-state index contributed by atoms with van der Waals surface area (Å²) in [4.78, 5) is 0.249. The number of hydrogen-bond donors (Lipinski definition) is 0. The van der Waals surface area contributed by atoms with Gasteiger partial charge in [0.1, 0.15) is 0 Å². The van der Waals surface area contributed by atoms with Crippen molar-refractivity contribution >= 4 is 32.7 Å². The molecule has 0 bridgehead atoms. The molecule has 3 aliphatic carbocycles. The van der Waals surface area contributed by atoms with Crippen molar-refractivity contribution in [2.24, 2.45) is 28.1 Å². The Balaban J connectivity index is 1.56. The molecule has 0 heterocycles. The van der Waals surface area contributed by atoms with E-state index >= 15 is 0 Å². The molecule has 5 heteroatoms. The van der Waals surface area contributed by atoms with E-state index in [0.717, 1.165) is 35.7 Å². The molecule has 0 spiro atoms. The van der Waals surface area contributed by atoms with Gasteiger partial charge in [-0.1, -0.05) is 44.9 Å². The van der Waals surface area contributed by atoms with Crippen LogP contribution in [0, 0.1) is 31.7 Å². The lowest BCUT2D eigenvalue weighted by Crippen LogP contribution is -2.51. The number of halogens is 1. The molecule has 0 amide bonds. The molecule has 0 aliphatic heterocycles. The zero-order chi connectivity index (χ0) is 23.2. The third kappa shape index (κ3) is 4.26. The molecule has 176 valence electrons. The number of hydrogen-bond acceptors (Lipinski definition) is 3. The Kier molecular flexibility index (Phi) is 6.76. The summed E-state index contributed by atoms with van der Waals surface area (Å²) in [7, 11) is -3.75. The van der Waals surface area contributed by atoms with Crippen LogP contribution < -0.4 is 0 Å². The van der Waals surface area contributed by atoms with E-state index in [0.29, 0.717) is 11.8 Å². The smallest absolute Gasteiger partial charge is 0.266 e. The van der Waals surface area contributed by atoms with Crippen molar-refractivity contribution in [1.82, 2.24) is 0 Å². The van der Waals surface area contributed by atoms with Crippen LogP contribution >= 0.6 is 22.6 Å². The highest BCUT2D eigenvalue weighted by molar-refractivity contribution is 14.1. The van der Waals surface area contributed by atoms with E-state index in [9.17, 15) is 8.42 Å². The first-order valence-electron chi connectivity index (χ1n) is 12.1. The van der Waals surface area contributed by atoms with Crippen molar-refractivity contribution in [3.63, 3.8) is 0 Å². The fourth-order valence-corrected chi connectivity index (χ4v) is 8.52. The molecule has 1 aromatic carbocycles. The molecular weight excluding hydrogens is 531 g/mol. The Morgan fingerprint density at radius 2 is 1.91 bits per heavy atom. The molecule has 0 saturated heterocycles. The van der Waals surface area contributed by atoms with Gasteiger partial charge in [0, 0.05) is 3.57 Å². The summed E-state index contributed by atoms with van der Waals surface area (Å²) < 4.78 is 32.5. The molecule has 1 aromatic rings. The third-order valence-corrected chi connectivity index (χ3v) is 11.1. The van der Waals surface area contributed by atoms with E-state index in [4.69, 9.17) is 4.18 Å². The van der Waals surface area contributed by atoms with E-state index in [1.807, 2.05) is 12.1 Å². The molecule has 4 rings (SSSR count). The van der Waals surface area contributed by atoms with Crippen LogP contribution in [0.25, 0.3) is 0 Å². The van der Waals surface area contributed by atoms with Crippen molar-refractivity contribution in [2.45, 2.75) is 77.0 Å². The fraction of sp³-hybridized carbons (Fsp3) is 0.630. The Hall–Kier alpha value is -0.660. The zero-order valence-electron chi connectivity index (χ0n) is 19.7. The first kappa shape index (κ1) is 24.5. The van der Waals surface area contributed by atoms with Crippen molar-refractivity contribution in [1.29, 1.82) is 0 Å². The lowest BCUT2D eigenvalue weighted by Gasteiger charge is -2.59. The summed E-state index contributed by atoms with van der Waals surface area (Å²) in [6.07, 6.45) is 13.9. The van der Waals surface area contributed by atoms with Crippen LogP contribution in [0.2, 0.25) is 0 Å². The molecule has 2 fully saturated rings. The number of fused-ring (bicyclic) bond motifs is 3. The predicted octanol–water partition coefficient (Wildman–Crippen LogP) is 7.52. The van der Waals surface area contributed by atoms with Gasteiger partial charge in [-0.2, -0.15) is 8.42 Å². The van der Waals surface area contributed by atoms with Crippen LogP contribution in [0.15, 0.2) is 53.5 Å². The summed E-state index contributed by atoms with van der Waals surface area (Å²) in [5, 5.41) is 0. The molecule has 3 aliphatic rings. The van der Waals surface area contributed by atoms with Gasteiger partial charge < -0.3 is 0 Å². The summed E-state index contributed by atoms with van der Waals surface area (Å²) in [5.41, 5.74) is 1.91. The van der Waals surface area contributed by atoms with E-state index in [1.54, 1.807) is 17.7 Å². The van der Waals surface area contributed by atoms with Crippen LogP contribution in [0.4, 0.5) is 0 Å². The highest BCUT2D eigenvalue weighted by Gasteiger charge is 2.55. The quantitative estimate of drug-likeness (QED) is 0.203. The lowest BCUT2D eigenvalue weighted by molar-refractivity contribution is -0.0496. The Morgan fingerprint density at radius 3 is 2.56 bits per heavy atom. The number of allylic oxidation sites excluding steroid dienone is 3. The average Bonchev–Trinajstić information content (AvgIpc) is 2.77. The minimum atomic E-state index is -3.75. The first-order valence-corrected chi connectivity index (χ1v) is 14.6. The molecule has 3 nitrogen and oxygen atoms in total. The van der Waals surface area contributed by atoms with Crippen molar-refractivity contribution in [3.8, 4) is 0 Å². The van der Waals surface area contributed by atoms with Gasteiger partial charge in [-0.25, -0.2) is 0 Å². The lowest BCUT2D eigenvalue weighted by atomic mass is 9.46. The minimum absolute atomic E-state index is 0.132. The van der Waals surface area contributed by atoms with E-state index in [-0.39, 0.29) is 27.7 Å². The highest BCUT2D eigenvalue weighted by Crippen LogP contribution is 2.64. The summed E-state index contributed by atoms with van der Waals surface area (Å²) >= 11 is 2.18. The normalized spacial score (nSPS) is 37.2. The average molecular weight is 569 g/mol. The third-order valence-electron chi connectivity index (χ3n) is 9.12. The Bertz CT molecular complexity index is 998. The second-order valence-corrected chi connectivity index (χ2v) is 13.8. The van der Waals surface area contributed by atoms with Gasteiger partial charge in [-0.05, 0) is 120 Å². The van der Waals surface area contributed by atoms with Gasteiger partial charge in [0.15, 0.2) is 0 Å². The van der Waals surface area contributed by atoms with Crippen LogP contribution in [0.5, 0.6) is 0 Å². The van der Waals surface area contributed by atoms with Crippen LogP contribution in [0.1, 0.15) is 72.1 Å². The summed E-state index contributed by atoms with van der Waals surface area (Å²) in [6, 6.07) is 6.91. The molecule has 2 unspecified atom stereocenters. The molecule has 32 heavy (non-hydrogen) atoms. The highest BCUT2D eigenvalue weighted by atomic mass is 127. The molecule has 2 saturated carbocycles. The van der Waals surface area contributed by atoms with Crippen LogP contribution in [0.3, 0.4) is 0 Å². The zero-order valence-corrected chi connectivity index (χ0v) is 22.7. The maximum Gasteiger partial charge on any atom is 0.296 e. The van der Waals surface area contributed by atoms with Crippen molar-refractivity contribution in [3.05, 3.63) is 52.1 Å². The molecule has 5 atom stereocenters.